The number of carbonyl (C=O) groups excluding carboxylic acids is 1. The molecule has 2 atom stereocenters. The van der Waals surface area contributed by atoms with E-state index < -0.39 is 6.89 Å². The Morgan fingerprint density at radius 1 is 1.09 bits per heavy atom. The Labute approximate surface area is 211 Å². The monoisotopic (exact) mass is 480 g/mol. The van der Waals surface area contributed by atoms with Crippen LogP contribution in [0.15, 0.2) is 83.5 Å². The van der Waals surface area contributed by atoms with E-state index in [1.54, 1.807) is 6.08 Å². The van der Waals surface area contributed by atoms with Crippen LogP contribution in [0.4, 0.5) is 0 Å². The highest BCUT2D eigenvalue weighted by atomic mass is 31.2. The van der Waals surface area contributed by atoms with Crippen molar-refractivity contribution in [3.63, 3.8) is 0 Å². The average Bonchev–Trinajstić information content (AvgIpc) is 3.05. The highest BCUT2D eigenvalue weighted by Crippen LogP contribution is 2.65. The molecular formula is C32H49OP. The van der Waals surface area contributed by atoms with Crippen molar-refractivity contribution in [2.75, 3.05) is 0 Å². The molecule has 34 heavy (non-hydrogen) atoms. The van der Waals surface area contributed by atoms with Gasteiger partial charge in [0.05, 0.1) is 6.89 Å². The molecule has 0 saturated heterocycles. The molecule has 0 spiro atoms. The lowest BCUT2D eigenvalue weighted by Crippen LogP contribution is -2.17. The van der Waals surface area contributed by atoms with Crippen molar-refractivity contribution in [1.29, 1.82) is 0 Å². The third kappa shape index (κ3) is 7.46. The Kier molecular flexibility index (Phi) is 15.5. The third-order valence-electron chi connectivity index (χ3n) is 5.77. The van der Waals surface area contributed by atoms with Crippen molar-refractivity contribution in [3.8, 4) is 0 Å². The van der Waals surface area contributed by atoms with Crippen LogP contribution in [0.2, 0.25) is 0 Å². The smallest absolute Gasteiger partial charge is 0.128 e. The molecule has 0 aliphatic heterocycles. The Balaban J connectivity index is 0.00000258. The van der Waals surface area contributed by atoms with E-state index in [9.17, 15) is 4.79 Å². The van der Waals surface area contributed by atoms with Crippen LogP contribution in [0.3, 0.4) is 0 Å². The third-order valence-corrected chi connectivity index (χ3v) is 9.41. The van der Waals surface area contributed by atoms with Gasteiger partial charge in [-0.1, -0.05) is 130 Å². The number of benzene rings is 1. The number of rotatable bonds is 7. The zero-order valence-corrected chi connectivity index (χ0v) is 24.4. The first-order valence-electron chi connectivity index (χ1n) is 13.1. The molecule has 0 aromatic heterocycles. The van der Waals surface area contributed by atoms with Crippen molar-refractivity contribution in [3.05, 3.63) is 89.1 Å². The fraction of sp³-hybridized carbons (Fsp3) is 0.469. The van der Waals surface area contributed by atoms with Gasteiger partial charge in [0, 0.05) is 0 Å². The van der Waals surface area contributed by atoms with E-state index in [2.05, 4.69) is 89.4 Å². The summed E-state index contributed by atoms with van der Waals surface area (Å²) < 4.78 is 0. The van der Waals surface area contributed by atoms with E-state index in [4.69, 9.17) is 0 Å². The Hall–Kier alpha value is -2.07. The lowest BCUT2D eigenvalue weighted by molar-refractivity contribution is 0.571. The minimum absolute atomic E-state index is 0.321. The molecule has 0 bridgehead atoms. The Bertz CT molecular complexity index is 962. The van der Waals surface area contributed by atoms with Crippen molar-refractivity contribution < 1.29 is 4.79 Å². The molecule has 1 nitrogen and oxygen atoms in total. The molecular weight excluding hydrogens is 431 g/mol. The molecule has 188 valence electrons. The molecule has 0 saturated carbocycles. The fourth-order valence-electron chi connectivity index (χ4n) is 4.31. The van der Waals surface area contributed by atoms with E-state index in [1.165, 1.54) is 16.5 Å². The average molecular weight is 481 g/mol. The van der Waals surface area contributed by atoms with Crippen LogP contribution in [0.5, 0.6) is 0 Å². The maximum atomic E-state index is 13.2. The van der Waals surface area contributed by atoms with E-state index in [-0.39, 0.29) is 0 Å². The second-order valence-electron chi connectivity index (χ2n) is 8.72. The van der Waals surface area contributed by atoms with Gasteiger partial charge in [-0.05, 0) is 64.6 Å². The predicted molar refractivity (Wildman–Crippen MR) is 158 cm³/mol. The molecule has 0 fully saturated rings. The van der Waals surface area contributed by atoms with Gasteiger partial charge in [0.15, 0.2) is 0 Å². The number of hydrogen-bond acceptors (Lipinski definition) is 1. The first kappa shape index (κ1) is 31.9. The molecule has 0 heterocycles. The summed E-state index contributed by atoms with van der Waals surface area (Å²) in [5, 5.41) is 3.35. The zero-order valence-electron chi connectivity index (χ0n) is 23.5. The van der Waals surface area contributed by atoms with Gasteiger partial charge in [0.2, 0.25) is 0 Å². The van der Waals surface area contributed by atoms with Crippen LogP contribution >= 0.6 is 6.89 Å². The maximum absolute atomic E-state index is 13.2. The van der Waals surface area contributed by atoms with Gasteiger partial charge in [-0.15, -0.1) is 0 Å². The molecule has 1 aromatic carbocycles. The minimum atomic E-state index is -2.61. The summed E-state index contributed by atoms with van der Waals surface area (Å²) in [5.74, 6) is 1.16. The highest BCUT2D eigenvalue weighted by Gasteiger charge is 2.35. The summed E-state index contributed by atoms with van der Waals surface area (Å²) in [5.41, 5.74) is 5.21. The topological polar surface area (TPSA) is 17.1 Å². The number of allylic oxidation sites excluding steroid dienone is 9. The molecule has 1 aliphatic rings. The normalized spacial score (nSPS) is 17.9. The number of hydrogen-bond donors (Lipinski definition) is 0. The van der Waals surface area contributed by atoms with E-state index in [0.717, 1.165) is 23.5 Å². The van der Waals surface area contributed by atoms with Crippen LogP contribution in [0.1, 0.15) is 93.6 Å². The van der Waals surface area contributed by atoms with Crippen LogP contribution in [0.25, 0.3) is 0 Å². The minimum Gasteiger partial charge on any atom is -0.233 e. The van der Waals surface area contributed by atoms with Crippen molar-refractivity contribution in [2.24, 2.45) is 11.8 Å². The SMILES string of the molecule is C=C/C=C(\C=C/C)P(=C=O)(C1=CCCC(C)C=C1C(C)C)c1ccccc1C(C)C.CC.CC. The summed E-state index contributed by atoms with van der Waals surface area (Å²) in [6.07, 6.45) is 14.8. The quantitative estimate of drug-likeness (QED) is 0.280. The van der Waals surface area contributed by atoms with Gasteiger partial charge >= 0.3 is 0 Å². The standard InChI is InChI=1S/C28H37OP.2C2H6/c1-8-13-24(14-9-2)30(20-29,27-17-11-10-16-25(27)21(3)4)28-18-12-15-23(7)19-26(28)22(5)6;2*1-2/h8-11,13-14,16-19,21-23H,1,12,15H2,2-7H3;2*1-2H3/b14-9-,24-13+;;. The van der Waals surface area contributed by atoms with Crippen molar-refractivity contribution >= 4 is 17.9 Å². The van der Waals surface area contributed by atoms with Gasteiger partial charge in [-0.2, -0.15) is 0 Å². The van der Waals surface area contributed by atoms with Gasteiger partial charge in [0.25, 0.3) is 0 Å². The van der Waals surface area contributed by atoms with Crippen molar-refractivity contribution in [2.45, 2.75) is 88.0 Å². The van der Waals surface area contributed by atoms with Crippen LogP contribution < -0.4 is 5.30 Å². The first-order valence-corrected chi connectivity index (χ1v) is 14.9. The summed E-state index contributed by atoms with van der Waals surface area (Å²) in [6, 6.07) is 8.47. The molecule has 2 unspecified atom stereocenters. The second-order valence-corrected chi connectivity index (χ2v) is 11.7. The predicted octanol–water partition coefficient (Wildman–Crippen LogP) is 10.1. The Morgan fingerprint density at radius 2 is 1.71 bits per heavy atom. The molecule has 2 rings (SSSR count). The van der Waals surface area contributed by atoms with Gasteiger partial charge in [0.1, 0.15) is 5.66 Å². The molecule has 1 aromatic rings. The second kappa shape index (κ2) is 16.5. The molecule has 0 radical (unpaired) electrons. The highest BCUT2D eigenvalue weighted by molar-refractivity contribution is 7.88. The molecule has 0 amide bonds. The summed E-state index contributed by atoms with van der Waals surface area (Å²) in [6.45, 7) is 22.5. The zero-order chi connectivity index (χ0) is 26.3. The maximum Gasteiger partial charge on any atom is 0.128 e. The van der Waals surface area contributed by atoms with Crippen LogP contribution in [-0.4, -0.2) is 5.66 Å². The van der Waals surface area contributed by atoms with E-state index >= 15 is 0 Å². The van der Waals surface area contributed by atoms with Gasteiger partial charge in [-0.25, -0.2) is 4.79 Å². The summed E-state index contributed by atoms with van der Waals surface area (Å²) >= 11 is 0. The largest absolute Gasteiger partial charge is 0.233 e. The van der Waals surface area contributed by atoms with E-state index in [1.807, 2.05) is 46.8 Å². The lowest BCUT2D eigenvalue weighted by Gasteiger charge is -2.32. The molecule has 0 N–H and O–H groups in total. The van der Waals surface area contributed by atoms with Gasteiger partial charge < -0.3 is 0 Å². The summed E-state index contributed by atoms with van der Waals surface area (Å²) in [4.78, 5) is 13.2. The first-order chi connectivity index (χ1) is 16.3. The molecule has 1 aliphatic carbocycles. The summed E-state index contributed by atoms with van der Waals surface area (Å²) in [7, 11) is 0. The molecule has 2 heteroatoms. The van der Waals surface area contributed by atoms with Crippen molar-refractivity contribution in [1.82, 2.24) is 0 Å². The lowest BCUT2D eigenvalue weighted by atomic mass is 9.98. The van der Waals surface area contributed by atoms with Crippen LogP contribution in [0, 0.1) is 11.8 Å². The van der Waals surface area contributed by atoms with Gasteiger partial charge in [-0.3, -0.25) is 0 Å². The Morgan fingerprint density at radius 3 is 2.21 bits per heavy atom. The van der Waals surface area contributed by atoms with E-state index in [0.29, 0.717) is 17.8 Å². The fourth-order valence-corrected chi connectivity index (χ4v) is 8.28. The van der Waals surface area contributed by atoms with Crippen LogP contribution in [-0.2, 0) is 4.79 Å².